The minimum absolute atomic E-state index is 0.0220. The molecule has 0 saturated carbocycles. The Hall–Kier alpha value is -2.08. The Balaban J connectivity index is 1.68. The van der Waals surface area contributed by atoms with Gasteiger partial charge in [0, 0.05) is 45.3 Å². The van der Waals surface area contributed by atoms with Gasteiger partial charge in [0.15, 0.2) is 0 Å². The molecular weight excluding hydrogens is 302 g/mol. The smallest absolute Gasteiger partial charge is 0.267 e. The Morgan fingerprint density at radius 2 is 2.21 bits per heavy atom. The van der Waals surface area contributed by atoms with Crippen LogP contribution in [0, 0.1) is 0 Å². The van der Waals surface area contributed by atoms with E-state index in [1.54, 1.807) is 7.05 Å². The zero-order valence-corrected chi connectivity index (χ0v) is 14.6. The molecule has 1 N–H and O–H groups in total. The highest BCUT2D eigenvalue weighted by atomic mass is 16.1. The third-order valence-electron chi connectivity index (χ3n) is 5.00. The van der Waals surface area contributed by atoms with Crippen molar-refractivity contribution in [3.8, 4) is 0 Å². The molecule has 1 atom stereocenters. The van der Waals surface area contributed by atoms with Gasteiger partial charge >= 0.3 is 0 Å². The molecule has 2 aromatic heterocycles. The first-order valence-electron chi connectivity index (χ1n) is 8.78. The first-order chi connectivity index (χ1) is 11.7. The van der Waals surface area contributed by atoms with E-state index in [0.29, 0.717) is 6.04 Å². The van der Waals surface area contributed by atoms with Gasteiger partial charge in [0.1, 0.15) is 5.69 Å². The largest absolute Gasteiger partial charge is 0.354 e. The average Bonchev–Trinajstić information content (AvgIpc) is 3.24. The number of aromatic nitrogens is 3. The molecule has 0 unspecified atom stereocenters. The van der Waals surface area contributed by atoms with E-state index in [1.807, 2.05) is 31.8 Å². The maximum Gasteiger partial charge on any atom is 0.267 e. The van der Waals surface area contributed by atoms with Gasteiger partial charge in [-0.1, -0.05) is 6.42 Å². The monoisotopic (exact) mass is 329 g/mol. The van der Waals surface area contributed by atoms with E-state index >= 15 is 0 Å². The molecule has 1 aliphatic heterocycles. The van der Waals surface area contributed by atoms with Gasteiger partial charge in [0.2, 0.25) is 0 Å². The lowest BCUT2D eigenvalue weighted by Crippen LogP contribution is -2.35. The van der Waals surface area contributed by atoms with E-state index in [4.69, 9.17) is 0 Å². The molecule has 24 heavy (non-hydrogen) atoms. The second-order valence-corrected chi connectivity index (χ2v) is 6.48. The molecule has 1 amide bonds. The molecule has 0 radical (unpaired) electrons. The van der Waals surface area contributed by atoms with E-state index in [1.165, 1.54) is 18.5 Å². The van der Waals surface area contributed by atoms with Gasteiger partial charge in [-0.25, -0.2) is 4.98 Å². The van der Waals surface area contributed by atoms with Crippen LogP contribution in [0.5, 0.6) is 0 Å². The minimum atomic E-state index is -0.0220. The fourth-order valence-electron chi connectivity index (χ4n) is 3.69. The summed E-state index contributed by atoms with van der Waals surface area (Å²) in [6, 6.07) is 4.46. The van der Waals surface area contributed by atoms with Gasteiger partial charge < -0.3 is 14.5 Å². The van der Waals surface area contributed by atoms with Crippen molar-refractivity contribution in [1.29, 1.82) is 0 Å². The maximum atomic E-state index is 12.0. The summed E-state index contributed by atoms with van der Waals surface area (Å²) in [7, 11) is 3.68. The van der Waals surface area contributed by atoms with Crippen LogP contribution in [-0.2, 0) is 13.6 Å². The highest BCUT2D eigenvalue weighted by Crippen LogP contribution is 2.31. The van der Waals surface area contributed by atoms with Crippen molar-refractivity contribution in [2.24, 2.45) is 7.05 Å². The summed E-state index contributed by atoms with van der Waals surface area (Å²) in [4.78, 5) is 18.6. The Bertz CT molecular complexity index is 661. The van der Waals surface area contributed by atoms with Gasteiger partial charge in [-0.15, -0.1) is 0 Å². The molecule has 130 valence electrons. The highest BCUT2D eigenvalue weighted by molar-refractivity contribution is 5.92. The molecule has 6 nitrogen and oxygen atoms in total. The van der Waals surface area contributed by atoms with Crippen LogP contribution in [0.1, 0.15) is 47.9 Å². The standard InChI is InChI=1S/C18H27N5O/c1-19-18(24)17-8-7-15(21(17)2)16-6-3-4-11-23(16)12-5-10-22-13-9-20-14-22/h7-9,13-14,16H,3-6,10-12H2,1-2H3,(H,19,24)/t16-/m0/s1. The Morgan fingerprint density at radius 3 is 2.96 bits per heavy atom. The number of rotatable bonds is 6. The van der Waals surface area contributed by atoms with Crippen LogP contribution in [0.4, 0.5) is 0 Å². The predicted molar refractivity (Wildman–Crippen MR) is 93.8 cm³/mol. The van der Waals surface area contributed by atoms with E-state index in [-0.39, 0.29) is 5.91 Å². The lowest BCUT2D eigenvalue weighted by Gasteiger charge is -2.36. The quantitative estimate of drug-likeness (QED) is 0.884. The van der Waals surface area contributed by atoms with Crippen molar-refractivity contribution in [1.82, 2.24) is 24.3 Å². The van der Waals surface area contributed by atoms with Gasteiger partial charge in [0.25, 0.3) is 5.91 Å². The number of hydrogen-bond acceptors (Lipinski definition) is 3. The molecule has 1 saturated heterocycles. The van der Waals surface area contributed by atoms with Gasteiger partial charge in [0.05, 0.1) is 12.4 Å². The van der Waals surface area contributed by atoms with Crippen LogP contribution in [0.15, 0.2) is 30.9 Å². The second kappa shape index (κ2) is 7.66. The van der Waals surface area contributed by atoms with Crippen molar-refractivity contribution < 1.29 is 4.79 Å². The van der Waals surface area contributed by atoms with Crippen molar-refractivity contribution >= 4 is 5.91 Å². The lowest BCUT2D eigenvalue weighted by molar-refractivity contribution is 0.0952. The fraction of sp³-hybridized carbons (Fsp3) is 0.556. The number of hydrogen-bond donors (Lipinski definition) is 1. The number of amides is 1. The van der Waals surface area contributed by atoms with Gasteiger partial charge in [-0.3, -0.25) is 9.69 Å². The van der Waals surface area contributed by atoms with Gasteiger partial charge in [-0.2, -0.15) is 0 Å². The molecule has 0 spiro atoms. The fourth-order valence-corrected chi connectivity index (χ4v) is 3.69. The number of likely N-dealkylation sites (tertiary alicyclic amines) is 1. The minimum Gasteiger partial charge on any atom is -0.354 e. The SMILES string of the molecule is CNC(=O)c1ccc([C@@H]2CCCCN2CCCn2ccnc2)n1C. The lowest BCUT2D eigenvalue weighted by atomic mass is 9.99. The van der Waals surface area contributed by atoms with Crippen molar-refractivity contribution in [3.05, 3.63) is 42.2 Å². The number of aryl methyl sites for hydroxylation is 1. The number of piperidine rings is 1. The highest BCUT2D eigenvalue weighted by Gasteiger charge is 2.26. The average molecular weight is 329 g/mol. The van der Waals surface area contributed by atoms with E-state index in [2.05, 4.69) is 30.4 Å². The van der Waals surface area contributed by atoms with E-state index in [0.717, 1.165) is 38.2 Å². The summed E-state index contributed by atoms with van der Waals surface area (Å²) in [5.41, 5.74) is 1.98. The van der Waals surface area contributed by atoms with Crippen molar-refractivity contribution in [3.63, 3.8) is 0 Å². The number of nitrogens with one attached hydrogen (secondary N) is 1. The first-order valence-corrected chi connectivity index (χ1v) is 8.78. The van der Waals surface area contributed by atoms with Crippen LogP contribution < -0.4 is 5.32 Å². The Labute approximate surface area is 143 Å². The third kappa shape index (κ3) is 3.53. The molecule has 0 aromatic carbocycles. The summed E-state index contributed by atoms with van der Waals surface area (Å²) in [5.74, 6) is -0.0220. The van der Waals surface area contributed by atoms with Gasteiger partial charge in [-0.05, 0) is 37.9 Å². The molecule has 1 aliphatic rings. The molecule has 1 fully saturated rings. The van der Waals surface area contributed by atoms with Crippen LogP contribution >= 0.6 is 0 Å². The number of nitrogens with zero attached hydrogens (tertiary/aromatic N) is 4. The second-order valence-electron chi connectivity index (χ2n) is 6.48. The topological polar surface area (TPSA) is 55.1 Å². The Morgan fingerprint density at radius 1 is 1.33 bits per heavy atom. The van der Waals surface area contributed by atoms with Crippen LogP contribution in [0.3, 0.4) is 0 Å². The predicted octanol–water partition coefficient (Wildman–Crippen LogP) is 2.20. The van der Waals surface area contributed by atoms with Crippen molar-refractivity contribution in [2.75, 3.05) is 20.1 Å². The zero-order valence-electron chi connectivity index (χ0n) is 14.6. The molecule has 3 heterocycles. The summed E-state index contributed by atoms with van der Waals surface area (Å²) < 4.78 is 4.18. The number of carbonyl (C=O) groups is 1. The summed E-state index contributed by atoms with van der Waals surface area (Å²) in [6.07, 6.45) is 10.5. The summed E-state index contributed by atoms with van der Waals surface area (Å²) in [5, 5.41) is 2.72. The molecular formula is C18H27N5O. The first kappa shape index (κ1) is 16.8. The summed E-state index contributed by atoms with van der Waals surface area (Å²) >= 11 is 0. The van der Waals surface area contributed by atoms with Crippen LogP contribution in [0.2, 0.25) is 0 Å². The van der Waals surface area contributed by atoms with E-state index in [9.17, 15) is 4.79 Å². The molecule has 0 aliphatic carbocycles. The zero-order chi connectivity index (χ0) is 16.9. The Kier molecular flexibility index (Phi) is 5.35. The molecule has 6 heteroatoms. The number of carbonyl (C=O) groups excluding carboxylic acids is 1. The number of imidazole rings is 1. The summed E-state index contributed by atoms with van der Waals surface area (Å²) in [6.45, 7) is 3.21. The van der Waals surface area contributed by atoms with E-state index < -0.39 is 0 Å². The molecule has 0 bridgehead atoms. The maximum absolute atomic E-state index is 12.0. The normalized spacial score (nSPS) is 18.7. The third-order valence-corrected chi connectivity index (χ3v) is 5.00. The molecule has 2 aromatic rings. The van der Waals surface area contributed by atoms with Crippen LogP contribution in [0.25, 0.3) is 0 Å². The van der Waals surface area contributed by atoms with Crippen LogP contribution in [-0.4, -0.2) is 45.1 Å². The van der Waals surface area contributed by atoms with Crippen molar-refractivity contribution in [2.45, 2.75) is 38.3 Å². The molecule has 3 rings (SSSR count).